The maximum absolute atomic E-state index is 12.2. The Hall–Kier alpha value is -0.570. The van der Waals surface area contributed by atoms with E-state index in [1.165, 1.54) is 0 Å². The zero-order valence-electron chi connectivity index (χ0n) is 12.0. The first-order chi connectivity index (χ1) is 7.95. The van der Waals surface area contributed by atoms with Gasteiger partial charge >= 0.3 is 0 Å². The van der Waals surface area contributed by atoms with Crippen LogP contribution in [0.2, 0.25) is 0 Å². The summed E-state index contributed by atoms with van der Waals surface area (Å²) in [7, 11) is 0. The Morgan fingerprint density at radius 3 is 2.35 bits per heavy atom. The molecule has 1 N–H and O–H groups in total. The first-order valence-corrected chi connectivity index (χ1v) is 7.02. The van der Waals surface area contributed by atoms with Gasteiger partial charge in [-0.3, -0.25) is 10.1 Å². The van der Waals surface area contributed by atoms with Gasteiger partial charge in [0.05, 0.1) is 12.2 Å². The number of carbonyl (C=O) groups is 1. The lowest BCUT2D eigenvalue weighted by molar-refractivity contribution is -0.130. The van der Waals surface area contributed by atoms with Crippen molar-refractivity contribution < 1.29 is 4.79 Å². The second-order valence-corrected chi connectivity index (χ2v) is 5.99. The normalized spacial score (nSPS) is 25.4. The number of nitrogens with zero attached hydrogens (tertiary/aromatic N) is 1. The predicted molar refractivity (Wildman–Crippen MR) is 71.6 cm³/mol. The number of hydrogen-bond acceptors (Lipinski definition) is 2. The molecule has 2 atom stereocenters. The molecule has 1 amide bonds. The van der Waals surface area contributed by atoms with Crippen LogP contribution >= 0.6 is 0 Å². The Bertz CT molecular complexity index is 251. The van der Waals surface area contributed by atoms with E-state index in [0.717, 1.165) is 25.8 Å². The summed E-state index contributed by atoms with van der Waals surface area (Å²) in [6.07, 6.45) is 3.30. The van der Waals surface area contributed by atoms with E-state index in [-0.39, 0.29) is 12.2 Å². The number of amides is 1. The lowest BCUT2D eigenvalue weighted by Gasteiger charge is -2.26. The third-order valence-electron chi connectivity index (χ3n) is 3.40. The highest BCUT2D eigenvalue weighted by Gasteiger charge is 2.37. The van der Waals surface area contributed by atoms with Gasteiger partial charge in [-0.15, -0.1) is 0 Å². The Kier molecular flexibility index (Phi) is 5.44. The maximum Gasteiger partial charge on any atom is 0.241 e. The summed E-state index contributed by atoms with van der Waals surface area (Å²) in [5, 5.41) is 3.47. The molecular weight excluding hydrogens is 212 g/mol. The summed E-state index contributed by atoms with van der Waals surface area (Å²) in [6.45, 7) is 11.8. The summed E-state index contributed by atoms with van der Waals surface area (Å²) < 4.78 is 0. The van der Waals surface area contributed by atoms with Crippen LogP contribution in [0, 0.1) is 11.8 Å². The molecule has 1 heterocycles. The van der Waals surface area contributed by atoms with Gasteiger partial charge in [0.15, 0.2) is 0 Å². The first kappa shape index (κ1) is 14.5. The van der Waals surface area contributed by atoms with Crippen molar-refractivity contribution in [1.82, 2.24) is 10.2 Å². The number of rotatable bonds is 6. The van der Waals surface area contributed by atoms with E-state index in [0.29, 0.717) is 17.7 Å². The highest BCUT2D eigenvalue weighted by Crippen LogP contribution is 2.20. The maximum atomic E-state index is 12.2. The molecule has 1 rings (SSSR count). The van der Waals surface area contributed by atoms with E-state index in [1.54, 1.807) is 0 Å². The van der Waals surface area contributed by atoms with Crippen LogP contribution in [-0.4, -0.2) is 29.6 Å². The Labute approximate surface area is 106 Å². The minimum absolute atomic E-state index is 0.0471. The molecular formula is C14H28N2O. The molecule has 100 valence electrons. The fraction of sp³-hybridized carbons (Fsp3) is 0.929. The van der Waals surface area contributed by atoms with E-state index < -0.39 is 0 Å². The number of nitrogens with one attached hydrogen (secondary N) is 1. The lowest BCUT2D eigenvalue weighted by atomic mass is 10.1. The molecule has 0 aromatic rings. The average molecular weight is 240 g/mol. The van der Waals surface area contributed by atoms with Gasteiger partial charge in [-0.05, 0) is 31.1 Å². The molecule has 3 heteroatoms. The summed E-state index contributed by atoms with van der Waals surface area (Å²) in [5.41, 5.74) is 0. The largest absolute Gasteiger partial charge is 0.326 e. The monoisotopic (exact) mass is 240 g/mol. The van der Waals surface area contributed by atoms with Gasteiger partial charge < -0.3 is 4.90 Å². The molecule has 17 heavy (non-hydrogen) atoms. The van der Waals surface area contributed by atoms with E-state index >= 15 is 0 Å². The fourth-order valence-electron chi connectivity index (χ4n) is 2.34. The summed E-state index contributed by atoms with van der Waals surface area (Å²) in [5.74, 6) is 1.58. The second-order valence-electron chi connectivity index (χ2n) is 5.99. The van der Waals surface area contributed by atoms with Crippen LogP contribution in [0.15, 0.2) is 0 Å². The predicted octanol–water partition coefficient (Wildman–Crippen LogP) is 2.62. The van der Waals surface area contributed by atoms with Gasteiger partial charge in [0.2, 0.25) is 5.91 Å². The van der Waals surface area contributed by atoms with Crippen molar-refractivity contribution >= 4 is 5.91 Å². The van der Waals surface area contributed by atoms with Crippen LogP contribution in [0.25, 0.3) is 0 Å². The Morgan fingerprint density at radius 2 is 1.88 bits per heavy atom. The zero-order chi connectivity index (χ0) is 13.0. The minimum atomic E-state index is 0.0471. The average Bonchev–Trinajstić information content (AvgIpc) is 2.51. The standard InChI is InChI=1S/C14H28N2O/c1-6-12-14(17)16(8-7-10(2)3)13(15-12)9-11(4)5/h10-13,15H,6-9H2,1-5H3. The van der Waals surface area contributed by atoms with E-state index in [9.17, 15) is 4.79 Å². The molecule has 1 fully saturated rings. The van der Waals surface area contributed by atoms with Crippen LogP contribution in [0.1, 0.15) is 53.9 Å². The molecule has 3 nitrogen and oxygen atoms in total. The van der Waals surface area contributed by atoms with E-state index in [1.807, 2.05) is 0 Å². The van der Waals surface area contributed by atoms with Crippen LogP contribution in [-0.2, 0) is 4.79 Å². The second kappa shape index (κ2) is 6.39. The molecule has 0 aromatic heterocycles. The molecule has 1 aliphatic rings. The Morgan fingerprint density at radius 1 is 1.24 bits per heavy atom. The van der Waals surface area contributed by atoms with E-state index in [2.05, 4.69) is 44.8 Å². The highest BCUT2D eigenvalue weighted by molar-refractivity contribution is 5.84. The molecule has 1 aliphatic heterocycles. The molecule has 0 spiro atoms. The van der Waals surface area contributed by atoms with E-state index in [4.69, 9.17) is 0 Å². The molecule has 0 radical (unpaired) electrons. The lowest BCUT2D eigenvalue weighted by Crippen LogP contribution is -2.39. The van der Waals surface area contributed by atoms with Gasteiger partial charge in [0, 0.05) is 6.54 Å². The van der Waals surface area contributed by atoms with Crippen molar-refractivity contribution in [2.45, 2.75) is 66.1 Å². The van der Waals surface area contributed by atoms with Gasteiger partial charge in [-0.2, -0.15) is 0 Å². The first-order valence-electron chi connectivity index (χ1n) is 7.02. The van der Waals surface area contributed by atoms with Crippen molar-refractivity contribution in [1.29, 1.82) is 0 Å². The molecule has 1 saturated heterocycles. The van der Waals surface area contributed by atoms with Crippen LogP contribution in [0.5, 0.6) is 0 Å². The van der Waals surface area contributed by atoms with Crippen molar-refractivity contribution in [3.8, 4) is 0 Å². The zero-order valence-corrected chi connectivity index (χ0v) is 12.0. The summed E-state index contributed by atoms with van der Waals surface area (Å²) in [6, 6.07) is 0.0471. The van der Waals surface area contributed by atoms with Crippen molar-refractivity contribution in [3.05, 3.63) is 0 Å². The SMILES string of the molecule is CCC1NC(CC(C)C)N(CCC(C)C)C1=O. The molecule has 0 aromatic carbocycles. The van der Waals surface area contributed by atoms with Crippen molar-refractivity contribution in [2.24, 2.45) is 11.8 Å². The molecule has 2 unspecified atom stereocenters. The third-order valence-corrected chi connectivity index (χ3v) is 3.40. The van der Waals surface area contributed by atoms with Crippen molar-refractivity contribution in [2.75, 3.05) is 6.54 Å². The number of carbonyl (C=O) groups excluding carboxylic acids is 1. The molecule has 0 saturated carbocycles. The summed E-state index contributed by atoms with van der Waals surface area (Å²) in [4.78, 5) is 14.3. The van der Waals surface area contributed by atoms with Gasteiger partial charge in [-0.1, -0.05) is 34.6 Å². The van der Waals surface area contributed by atoms with Crippen molar-refractivity contribution in [3.63, 3.8) is 0 Å². The smallest absolute Gasteiger partial charge is 0.241 e. The van der Waals surface area contributed by atoms with Gasteiger partial charge in [0.1, 0.15) is 0 Å². The third kappa shape index (κ3) is 3.98. The quantitative estimate of drug-likeness (QED) is 0.774. The number of hydrogen-bond donors (Lipinski definition) is 1. The van der Waals surface area contributed by atoms with Crippen LogP contribution < -0.4 is 5.32 Å². The summed E-state index contributed by atoms with van der Waals surface area (Å²) >= 11 is 0. The van der Waals surface area contributed by atoms with Gasteiger partial charge in [-0.25, -0.2) is 0 Å². The van der Waals surface area contributed by atoms with Crippen LogP contribution in [0.4, 0.5) is 0 Å². The minimum Gasteiger partial charge on any atom is -0.326 e. The molecule has 0 aliphatic carbocycles. The Balaban J connectivity index is 2.62. The molecule has 0 bridgehead atoms. The fourth-order valence-corrected chi connectivity index (χ4v) is 2.34. The highest BCUT2D eigenvalue weighted by atomic mass is 16.2. The van der Waals surface area contributed by atoms with Crippen LogP contribution in [0.3, 0.4) is 0 Å². The topological polar surface area (TPSA) is 32.3 Å². The van der Waals surface area contributed by atoms with Gasteiger partial charge in [0.25, 0.3) is 0 Å².